The first kappa shape index (κ1) is 20.6. The van der Waals surface area contributed by atoms with Gasteiger partial charge in [-0.15, -0.1) is 0 Å². The Morgan fingerprint density at radius 1 is 1.03 bits per heavy atom. The number of carbonyl (C=O) groups is 2. The molecule has 0 fully saturated rings. The van der Waals surface area contributed by atoms with E-state index in [4.69, 9.17) is 11.6 Å². The molecule has 0 spiro atoms. The molecule has 2 amide bonds. The van der Waals surface area contributed by atoms with E-state index >= 15 is 0 Å². The molecule has 29 heavy (non-hydrogen) atoms. The maximum atomic E-state index is 12.6. The van der Waals surface area contributed by atoms with Crippen LogP contribution in [0.4, 0.5) is 11.4 Å². The highest BCUT2D eigenvalue weighted by molar-refractivity contribution is 6.34. The normalized spacial score (nSPS) is 10.6. The number of aryl methyl sites for hydroxylation is 2. The number of benzene rings is 2. The first-order chi connectivity index (χ1) is 13.9. The number of halogens is 1. The van der Waals surface area contributed by atoms with Crippen LogP contribution in [0, 0.1) is 13.8 Å². The molecule has 0 aliphatic heterocycles. The van der Waals surface area contributed by atoms with Crippen molar-refractivity contribution in [2.24, 2.45) is 0 Å². The Hall–Kier alpha value is -3.12. The molecule has 0 saturated heterocycles. The lowest BCUT2D eigenvalue weighted by Crippen LogP contribution is -2.14. The zero-order chi connectivity index (χ0) is 21.0. The van der Waals surface area contributed by atoms with Crippen LogP contribution >= 0.6 is 11.6 Å². The Bertz CT molecular complexity index is 1040. The van der Waals surface area contributed by atoms with Gasteiger partial charge < -0.3 is 10.6 Å². The van der Waals surface area contributed by atoms with Gasteiger partial charge in [0.2, 0.25) is 5.91 Å². The molecule has 1 heterocycles. The summed E-state index contributed by atoms with van der Waals surface area (Å²) in [5.41, 5.74) is 4.66. The third-order valence-electron chi connectivity index (χ3n) is 4.47. The van der Waals surface area contributed by atoms with Crippen LogP contribution in [0.15, 0.2) is 48.5 Å². The van der Waals surface area contributed by atoms with E-state index in [0.29, 0.717) is 34.9 Å². The molecule has 0 bridgehead atoms. The molecule has 0 aliphatic carbocycles. The number of amides is 2. The summed E-state index contributed by atoms with van der Waals surface area (Å²) < 4.78 is 1.93. The number of hydrogen-bond donors (Lipinski definition) is 2. The first-order valence-corrected chi connectivity index (χ1v) is 9.74. The van der Waals surface area contributed by atoms with Crippen molar-refractivity contribution in [2.75, 3.05) is 10.6 Å². The van der Waals surface area contributed by atoms with E-state index < -0.39 is 0 Å². The molecular weight excluding hydrogens is 388 g/mol. The van der Waals surface area contributed by atoms with Crippen LogP contribution in [0.5, 0.6) is 0 Å². The molecule has 1 aromatic heterocycles. The third-order valence-corrected chi connectivity index (χ3v) is 4.80. The van der Waals surface area contributed by atoms with E-state index in [1.807, 2.05) is 36.7 Å². The van der Waals surface area contributed by atoms with Gasteiger partial charge in [-0.25, -0.2) is 0 Å². The van der Waals surface area contributed by atoms with E-state index in [1.54, 1.807) is 37.3 Å². The van der Waals surface area contributed by atoms with E-state index in [2.05, 4.69) is 15.7 Å². The highest BCUT2D eigenvalue weighted by Crippen LogP contribution is 2.26. The van der Waals surface area contributed by atoms with Crippen LogP contribution in [0.2, 0.25) is 5.02 Å². The van der Waals surface area contributed by atoms with Crippen LogP contribution in [0.1, 0.15) is 40.7 Å². The average molecular weight is 411 g/mol. The summed E-state index contributed by atoms with van der Waals surface area (Å²) in [4.78, 5) is 24.2. The fourth-order valence-corrected chi connectivity index (χ4v) is 3.08. The number of aromatic nitrogens is 2. The highest BCUT2D eigenvalue weighted by atomic mass is 35.5. The zero-order valence-electron chi connectivity index (χ0n) is 16.6. The number of nitrogens with one attached hydrogen (secondary N) is 2. The number of nitrogens with zero attached hydrogens (tertiary/aromatic N) is 2. The van der Waals surface area contributed by atoms with Gasteiger partial charge >= 0.3 is 0 Å². The minimum atomic E-state index is -0.275. The molecule has 0 unspecified atom stereocenters. The summed E-state index contributed by atoms with van der Waals surface area (Å²) >= 11 is 6.19. The maximum absolute atomic E-state index is 12.6. The molecule has 0 aliphatic rings. The zero-order valence-corrected chi connectivity index (χ0v) is 17.4. The molecule has 2 N–H and O–H groups in total. The number of carbonyl (C=O) groups excluding carboxylic acids is 2. The van der Waals surface area contributed by atoms with Crippen molar-refractivity contribution in [1.29, 1.82) is 0 Å². The largest absolute Gasteiger partial charge is 0.326 e. The Morgan fingerprint density at radius 3 is 2.38 bits per heavy atom. The molecule has 2 aromatic carbocycles. The van der Waals surface area contributed by atoms with Crippen molar-refractivity contribution < 1.29 is 9.59 Å². The molecule has 3 rings (SSSR count). The number of hydrogen-bond acceptors (Lipinski definition) is 3. The Balaban J connectivity index is 1.70. The predicted molar refractivity (Wildman–Crippen MR) is 116 cm³/mol. The fourth-order valence-electron chi connectivity index (χ4n) is 2.91. The van der Waals surface area contributed by atoms with E-state index in [0.717, 1.165) is 17.0 Å². The molecular formula is C22H23ClN4O2. The predicted octanol–water partition coefficient (Wildman–Crippen LogP) is 4.80. The molecule has 0 saturated carbocycles. The van der Waals surface area contributed by atoms with Crippen LogP contribution < -0.4 is 10.6 Å². The van der Waals surface area contributed by atoms with Gasteiger partial charge in [-0.3, -0.25) is 14.3 Å². The molecule has 3 aromatic rings. The van der Waals surface area contributed by atoms with Crippen molar-refractivity contribution in [3.8, 4) is 0 Å². The van der Waals surface area contributed by atoms with Crippen LogP contribution in [-0.2, 0) is 11.3 Å². The highest BCUT2D eigenvalue weighted by Gasteiger charge is 2.11. The van der Waals surface area contributed by atoms with Gasteiger partial charge in [0.15, 0.2) is 0 Å². The molecule has 7 heteroatoms. The lowest BCUT2D eigenvalue weighted by molar-refractivity contribution is -0.115. The maximum Gasteiger partial charge on any atom is 0.255 e. The van der Waals surface area contributed by atoms with Gasteiger partial charge in [0.25, 0.3) is 5.91 Å². The smallest absolute Gasteiger partial charge is 0.255 e. The van der Waals surface area contributed by atoms with Crippen molar-refractivity contribution in [2.45, 2.75) is 33.7 Å². The van der Waals surface area contributed by atoms with Crippen molar-refractivity contribution in [3.05, 3.63) is 76.1 Å². The molecule has 0 atom stereocenters. The number of anilines is 2. The molecule has 0 radical (unpaired) electrons. The summed E-state index contributed by atoms with van der Waals surface area (Å²) in [6, 6.07) is 14.4. The number of rotatable bonds is 6. The van der Waals surface area contributed by atoms with Crippen LogP contribution in [0.3, 0.4) is 0 Å². The van der Waals surface area contributed by atoms with Gasteiger partial charge in [-0.2, -0.15) is 5.10 Å². The minimum absolute atomic E-state index is 0.109. The standard InChI is InChI=1S/C22H23ClN4O2/c1-4-21(28)24-18-9-10-19(23)20(12-18)25-22(29)17-7-5-16(6-8-17)13-27-15(3)11-14(2)26-27/h5-12H,4,13H2,1-3H3,(H,24,28)(H,25,29). The summed E-state index contributed by atoms with van der Waals surface area (Å²) in [5, 5.41) is 10.4. The third kappa shape index (κ3) is 5.23. The van der Waals surface area contributed by atoms with Gasteiger partial charge in [0.1, 0.15) is 0 Å². The quantitative estimate of drug-likeness (QED) is 0.612. The van der Waals surface area contributed by atoms with E-state index in [-0.39, 0.29) is 11.8 Å². The summed E-state index contributed by atoms with van der Waals surface area (Å²) in [7, 11) is 0. The summed E-state index contributed by atoms with van der Waals surface area (Å²) in [6.07, 6.45) is 0.369. The topological polar surface area (TPSA) is 76.0 Å². The van der Waals surface area contributed by atoms with Gasteiger partial charge in [0.05, 0.1) is 22.9 Å². The lowest BCUT2D eigenvalue weighted by atomic mass is 10.1. The fraction of sp³-hybridized carbons (Fsp3) is 0.227. The second-order valence-corrected chi connectivity index (χ2v) is 7.24. The van der Waals surface area contributed by atoms with Gasteiger partial charge in [0, 0.05) is 23.4 Å². The van der Waals surface area contributed by atoms with Crippen molar-refractivity contribution >= 4 is 34.8 Å². The van der Waals surface area contributed by atoms with E-state index in [1.165, 1.54) is 0 Å². The Morgan fingerprint density at radius 2 is 1.76 bits per heavy atom. The van der Waals surface area contributed by atoms with Crippen LogP contribution in [0.25, 0.3) is 0 Å². The Kier molecular flexibility index (Phi) is 6.34. The van der Waals surface area contributed by atoms with Gasteiger partial charge in [-0.05, 0) is 55.8 Å². The van der Waals surface area contributed by atoms with Crippen LogP contribution in [-0.4, -0.2) is 21.6 Å². The molecule has 6 nitrogen and oxygen atoms in total. The first-order valence-electron chi connectivity index (χ1n) is 9.36. The second kappa shape index (κ2) is 8.92. The van der Waals surface area contributed by atoms with Crippen molar-refractivity contribution in [1.82, 2.24) is 9.78 Å². The second-order valence-electron chi connectivity index (χ2n) is 6.83. The summed E-state index contributed by atoms with van der Waals surface area (Å²) in [5.74, 6) is -0.383. The SMILES string of the molecule is CCC(=O)Nc1ccc(Cl)c(NC(=O)c2ccc(Cn3nc(C)cc3C)cc2)c1. The van der Waals surface area contributed by atoms with Crippen molar-refractivity contribution in [3.63, 3.8) is 0 Å². The lowest BCUT2D eigenvalue weighted by Gasteiger charge is -2.11. The monoisotopic (exact) mass is 410 g/mol. The summed E-state index contributed by atoms with van der Waals surface area (Å²) in [6.45, 7) is 6.40. The minimum Gasteiger partial charge on any atom is -0.326 e. The molecule has 150 valence electrons. The Labute approximate surface area is 174 Å². The van der Waals surface area contributed by atoms with Gasteiger partial charge in [-0.1, -0.05) is 30.7 Å². The van der Waals surface area contributed by atoms with E-state index in [9.17, 15) is 9.59 Å². The average Bonchev–Trinajstić information content (AvgIpc) is 3.01.